The summed E-state index contributed by atoms with van der Waals surface area (Å²) in [5, 5.41) is 18.2. The molecular formula is C9H13N3O5S. The van der Waals surface area contributed by atoms with Gasteiger partial charge in [-0.3, -0.25) is 4.79 Å². The number of carboxylic acid groups (broad SMARTS) is 1. The fraction of sp³-hybridized carbons (Fsp3) is 0.556. The Labute approximate surface area is 104 Å². The highest BCUT2D eigenvalue weighted by Crippen LogP contribution is 2.25. The van der Waals surface area contributed by atoms with E-state index in [9.17, 15) is 18.3 Å². The van der Waals surface area contributed by atoms with E-state index in [0.717, 1.165) is 4.31 Å². The molecule has 1 aliphatic heterocycles. The zero-order valence-electron chi connectivity index (χ0n) is 9.59. The van der Waals surface area contributed by atoms with E-state index in [-0.39, 0.29) is 18.0 Å². The van der Waals surface area contributed by atoms with Gasteiger partial charge in [0.2, 0.25) is 0 Å². The minimum Gasteiger partial charge on any atom is -0.480 e. The molecule has 2 atom stereocenters. The van der Waals surface area contributed by atoms with E-state index in [1.807, 2.05) is 0 Å². The van der Waals surface area contributed by atoms with Crippen molar-refractivity contribution in [3.05, 3.63) is 12.5 Å². The summed E-state index contributed by atoms with van der Waals surface area (Å²) < 4.78 is 26.6. The summed E-state index contributed by atoms with van der Waals surface area (Å²) in [5.41, 5.74) is 0. The fourth-order valence-electron chi connectivity index (χ4n) is 1.92. The van der Waals surface area contributed by atoms with Crippen LogP contribution in [0.2, 0.25) is 0 Å². The van der Waals surface area contributed by atoms with Crippen molar-refractivity contribution in [2.75, 3.05) is 6.54 Å². The van der Waals surface area contributed by atoms with Crippen molar-refractivity contribution in [1.82, 2.24) is 13.9 Å². The van der Waals surface area contributed by atoms with Crippen molar-refractivity contribution in [3.63, 3.8) is 0 Å². The van der Waals surface area contributed by atoms with E-state index in [1.54, 1.807) is 7.05 Å². The maximum Gasteiger partial charge on any atom is 0.322 e. The number of aliphatic carboxylic acids is 1. The molecular weight excluding hydrogens is 262 g/mol. The SMILES string of the molecule is Cn1cnc(S(=O)(=O)N2C[C@H](O)C[C@@H]2C(=O)O)c1. The molecule has 100 valence electrons. The molecule has 1 aliphatic rings. The van der Waals surface area contributed by atoms with Gasteiger partial charge in [-0.05, 0) is 0 Å². The second kappa shape index (κ2) is 4.34. The molecule has 0 amide bonds. The lowest BCUT2D eigenvalue weighted by Gasteiger charge is -2.19. The zero-order chi connectivity index (χ0) is 13.5. The molecule has 2 N–H and O–H groups in total. The number of aromatic nitrogens is 2. The second-order valence-electron chi connectivity index (χ2n) is 4.20. The Kier molecular flexibility index (Phi) is 3.13. The molecule has 18 heavy (non-hydrogen) atoms. The maximum absolute atomic E-state index is 12.2. The van der Waals surface area contributed by atoms with E-state index in [2.05, 4.69) is 4.98 Å². The number of carboxylic acids is 1. The highest BCUT2D eigenvalue weighted by atomic mass is 32.2. The fourth-order valence-corrected chi connectivity index (χ4v) is 3.52. The van der Waals surface area contributed by atoms with Gasteiger partial charge in [-0.15, -0.1) is 0 Å². The van der Waals surface area contributed by atoms with Crippen LogP contribution in [-0.4, -0.2) is 57.1 Å². The Bertz CT molecular complexity index is 567. The maximum atomic E-state index is 12.2. The molecule has 9 heteroatoms. The van der Waals surface area contributed by atoms with Crippen molar-refractivity contribution in [2.45, 2.75) is 23.6 Å². The summed E-state index contributed by atoms with van der Waals surface area (Å²) in [6.45, 7) is -0.226. The Morgan fingerprint density at radius 1 is 1.56 bits per heavy atom. The Hall–Kier alpha value is -1.45. The van der Waals surface area contributed by atoms with Gasteiger partial charge in [-0.25, -0.2) is 13.4 Å². The quantitative estimate of drug-likeness (QED) is 0.703. The third-order valence-corrected chi connectivity index (χ3v) is 4.53. The molecule has 8 nitrogen and oxygen atoms in total. The van der Waals surface area contributed by atoms with Crippen LogP contribution in [0.25, 0.3) is 0 Å². The monoisotopic (exact) mass is 275 g/mol. The van der Waals surface area contributed by atoms with Crippen molar-refractivity contribution in [1.29, 1.82) is 0 Å². The van der Waals surface area contributed by atoms with Gasteiger partial charge in [0.15, 0.2) is 5.03 Å². The number of aliphatic hydroxyl groups is 1. The molecule has 0 aliphatic carbocycles. The summed E-state index contributed by atoms with van der Waals surface area (Å²) in [6.07, 6.45) is 1.53. The molecule has 0 radical (unpaired) electrons. The topological polar surface area (TPSA) is 113 Å². The molecule has 2 rings (SSSR count). The van der Waals surface area contributed by atoms with Gasteiger partial charge >= 0.3 is 5.97 Å². The molecule has 0 unspecified atom stereocenters. The molecule has 0 saturated carbocycles. The van der Waals surface area contributed by atoms with Gasteiger partial charge < -0.3 is 14.8 Å². The van der Waals surface area contributed by atoms with Crippen LogP contribution in [-0.2, 0) is 21.9 Å². The van der Waals surface area contributed by atoms with E-state index in [4.69, 9.17) is 5.11 Å². The second-order valence-corrected chi connectivity index (χ2v) is 6.03. The number of aliphatic hydroxyl groups excluding tert-OH is 1. The third-order valence-electron chi connectivity index (χ3n) is 2.77. The van der Waals surface area contributed by atoms with Gasteiger partial charge in [0.05, 0.1) is 12.4 Å². The average molecular weight is 275 g/mol. The number of sulfonamides is 1. The van der Waals surface area contributed by atoms with Crippen molar-refractivity contribution < 1.29 is 23.4 Å². The predicted octanol–water partition coefficient (Wildman–Crippen LogP) is -1.37. The van der Waals surface area contributed by atoms with Crippen LogP contribution in [0.5, 0.6) is 0 Å². The molecule has 1 saturated heterocycles. The number of hydrogen-bond donors (Lipinski definition) is 2. The predicted molar refractivity (Wildman–Crippen MR) is 59.1 cm³/mol. The van der Waals surface area contributed by atoms with Crippen LogP contribution in [0.4, 0.5) is 0 Å². The number of imidazole rings is 1. The molecule has 1 fully saturated rings. The third kappa shape index (κ3) is 2.11. The van der Waals surface area contributed by atoms with Crippen LogP contribution in [0.3, 0.4) is 0 Å². The Balaban J connectivity index is 2.38. The number of rotatable bonds is 3. The summed E-state index contributed by atoms with van der Waals surface area (Å²) in [7, 11) is -2.37. The lowest BCUT2D eigenvalue weighted by Crippen LogP contribution is -2.40. The minimum atomic E-state index is -3.98. The van der Waals surface area contributed by atoms with E-state index >= 15 is 0 Å². The smallest absolute Gasteiger partial charge is 0.322 e. The molecule has 0 aromatic carbocycles. The number of aryl methyl sites for hydroxylation is 1. The number of hydrogen-bond acceptors (Lipinski definition) is 5. The molecule has 1 aromatic rings. The largest absolute Gasteiger partial charge is 0.480 e. The molecule has 1 aromatic heterocycles. The standard InChI is InChI=1S/C9H13N3O5S/c1-11-4-8(10-5-11)18(16,17)12-3-6(13)2-7(12)9(14)15/h4-7,13H,2-3H2,1H3,(H,14,15)/t6-,7-/m1/s1. The van der Waals surface area contributed by atoms with Crippen LogP contribution in [0, 0.1) is 0 Å². The summed E-state index contributed by atoms with van der Waals surface area (Å²) in [5.74, 6) is -1.27. The van der Waals surface area contributed by atoms with Crippen LogP contribution >= 0.6 is 0 Å². The Morgan fingerprint density at radius 3 is 2.72 bits per heavy atom. The van der Waals surface area contributed by atoms with Crippen molar-refractivity contribution in [2.24, 2.45) is 7.05 Å². The summed E-state index contributed by atoms with van der Waals surface area (Å²) in [6, 6.07) is -1.24. The number of nitrogens with zero attached hydrogens (tertiary/aromatic N) is 3. The first-order valence-corrected chi connectivity index (χ1v) is 6.67. The highest BCUT2D eigenvalue weighted by Gasteiger charge is 2.44. The van der Waals surface area contributed by atoms with E-state index < -0.39 is 28.1 Å². The molecule has 0 spiro atoms. The first-order chi connectivity index (χ1) is 8.32. The van der Waals surface area contributed by atoms with Gasteiger partial charge in [0.1, 0.15) is 6.04 Å². The lowest BCUT2D eigenvalue weighted by atomic mass is 10.2. The summed E-state index contributed by atoms with van der Waals surface area (Å²) in [4.78, 5) is 14.7. The minimum absolute atomic E-state index is 0.110. The lowest BCUT2D eigenvalue weighted by molar-refractivity contribution is -0.140. The van der Waals surface area contributed by atoms with Crippen molar-refractivity contribution in [3.8, 4) is 0 Å². The first-order valence-electron chi connectivity index (χ1n) is 5.23. The van der Waals surface area contributed by atoms with Crippen molar-refractivity contribution >= 4 is 16.0 Å². The highest BCUT2D eigenvalue weighted by molar-refractivity contribution is 7.89. The number of β-amino-alcohol motifs (C(OH)–C–C–N with tert-alkyl or cyclic N) is 1. The Morgan fingerprint density at radius 2 is 2.22 bits per heavy atom. The van der Waals surface area contributed by atoms with Gasteiger partial charge in [-0.1, -0.05) is 0 Å². The van der Waals surface area contributed by atoms with Crippen LogP contribution in [0.15, 0.2) is 17.6 Å². The average Bonchev–Trinajstić information content (AvgIpc) is 2.84. The van der Waals surface area contributed by atoms with Gasteiger partial charge in [0.25, 0.3) is 10.0 Å². The van der Waals surface area contributed by atoms with E-state index in [1.165, 1.54) is 17.1 Å². The first kappa shape index (κ1) is 13.0. The van der Waals surface area contributed by atoms with E-state index in [0.29, 0.717) is 0 Å². The zero-order valence-corrected chi connectivity index (χ0v) is 10.4. The molecule has 0 bridgehead atoms. The van der Waals surface area contributed by atoms with Crippen LogP contribution in [0.1, 0.15) is 6.42 Å². The summed E-state index contributed by atoms with van der Waals surface area (Å²) >= 11 is 0. The van der Waals surface area contributed by atoms with Gasteiger partial charge in [-0.2, -0.15) is 4.31 Å². The van der Waals surface area contributed by atoms with Gasteiger partial charge in [0, 0.05) is 26.2 Å². The van der Waals surface area contributed by atoms with Crippen LogP contribution < -0.4 is 0 Å². The molecule has 2 heterocycles. The normalized spacial score (nSPS) is 25.4. The number of carbonyl (C=O) groups is 1.